The third-order valence-corrected chi connectivity index (χ3v) is 3.09. The molecular weight excluding hydrogens is 280 g/mol. The van der Waals surface area contributed by atoms with Gasteiger partial charge in [0.25, 0.3) is 0 Å². The Hall–Kier alpha value is -2.88. The summed E-state index contributed by atoms with van der Waals surface area (Å²) in [4.78, 5) is 17.8. The van der Waals surface area contributed by atoms with Crippen LogP contribution in [0.1, 0.15) is 19.8 Å². The minimum absolute atomic E-state index is 0.189. The van der Waals surface area contributed by atoms with Gasteiger partial charge in [0.15, 0.2) is 0 Å². The molecule has 2 aromatic heterocycles. The molecule has 2 aromatic rings. The molecule has 7 heteroatoms. The van der Waals surface area contributed by atoms with Crippen molar-refractivity contribution in [2.75, 3.05) is 18.0 Å². The van der Waals surface area contributed by atoms with Crippen molar-refractivity contribution < 1.29 is 4.79 Å². The number of amides is 2. The van der Waals surface area contributed by atoms with Gasteiger partial charge in [-0.2, -0.15) is 10.4 Å². The second-order valence-corrected chi connectivity index (χ2v) is 4.59. The zero-order chi connectivity index (χ0) is 15.8. The van der Waals surface area contributed by atoms with Crippen molar-refractivity contribution in [1.82, 2.24) is 20.1 Å². The summed E-state index contributed by atoms with van der Waals surface area (Å²) in [5.41, 5.74) is 1.54. The van der Waals surface area contributed by atoms with Gasteiger partial charge in [-0.05, 0) is 25.5 Å². The molecule has 0 atom stereocenters. The van der Waals surface area contributed by atoms with Gasteiger partial charge in [0.1, 0.15) is 0 Å². The first-order chi connectivity index (χ1) is 10.8. The normalized spacial score (nSPS) is 10.0. The first kappa shape index (κ1) is 15.5. The number of hydrogen-bond acceptors (Lipinski definition) is 4. The van der Waals surface area contributed by atoms with Crippen LogP contribution in [0.3, 0.4) is 0 Å². The maximum absolute atomic E-state index is 12.2. The summed E-state index contributed by atoms with van der Waals surface area (Å²) in [5, 5.41) is 15.5. The van der Waals surface area contributed by atoms with Gasteiger partial charge in [0.2, 0.25) is 0 Å². The Morgan fingerprint density at radius 2 is 2.36 bits per heavy atom. The van der Waals surface area contributed by atoms with Crippen molar-refractivity contribution in [3.63, 3.8) is 0 Å². The molecular formula is C15H18N6O. The number of unbranched alkanes of at least 4 members (excludes halogenated alkanes) is 1. The number of nitrogens with zero attached hydrogens (tertiary/aromatic N) is 5. The zero-order valence-corrected chi connectivity index (χ0v) is 12.4. The fourth-order valence-electron chi connectivity index (χ4n) is 1.98. The predicted molar refractivity (Wildman–Crippen MR) is 82.6 cm³/mol. The Balaban J connectivity index is 2.04. The largest absolute Gasteiger partial charge is 0.338 e. The number of rotatable bonds is 6. The minimum atomic E-state index is -0.189. The summed E-state index contributed by atoms with van der Waals surface area (Å²) in [6.45, 7) is 2.92. The molecule has 0 aliphatic heterocycles. The maximum atomic E-state index is 12.2. The van der Waals surface area contributed by atoms with Crippen LogP contribution in [0.15, 0.2) is 36.9 Å². The predicted octanol–water partition coefficient (Wildman–Crippen LogP) is 2.11. The highest BCUT2D eigenvalue weighted by atomic mass is 16.2. The molecule has 7 nitrogen and oxygen atoms in total. The number of urea groups is 1. The van der Waals surface area contributed by atoms with Gasteiger partial charge >= 0.3 is 6.03 Å². The van der Waals surface area contributed by atoms with E-state index in [2.05, 4.69) is 21.5 Å². The maximum Gasteiger partial charge on any atom is 0.321 e. The number of aromatic nitrogens is 3. The van der Waals surface area contributed by atoms with Crippen LogP contribution in [0.25, 0.3) is 5.69 Å². The zero-order valence-electron chi connectivity index (χ0n) is 12.4. The van der Waals surface area contributed by atoms with E-state index in [1.165, 1.54) is 0 Å². The molecule has 0 aliphatic rings. The lowest BCUT2D eigenvalue weighted by Gasteiger charge is -2.19. The summed E-state index contributed by atoms with van der Waals surface area (Å²) in [6, 6.07) is 5.59. The lowest BCUT2D eigenvalue weighted by molar-refractivity contribution is 0.246. The standard InChI is InChI=1S/C15H18N6O/c1-2-20(15(22)18-9-4-3-7-16)14-11-19-21(12-14)13-6-5-8-17-10-13/h5-6,8,10-12H,2-4,9H2,1H3,(H,18,22). The Bertz CT molecular complexity index is 646. The summed E-state index contributed by atoms with van der Waals surface area (Å²) < 4.78 is 1.67. The van der Waals surface area contributed by atoms with Crippen molar-refractivity contribution in [1.29, 1.82) is 5.26 Å². The van der Waals surface area contributed by atoms with Crippen LogP contribution < -0.4 is 10.2 Å². The van der Waals surface area contributed by atoms with Crippen molar-refractivity contribution in [3.8, 4) is 11.8 Å². The van der Waals surface area contributed by atoms with E-state index in [9.17, 15) is 4.79 Å². The molecule has 0 unspecified atom stereocenters. The molecule has 0 saturated heterocycles. The van der Waals surface area contributed by atoms with E-state index in [0.29, 0.717) is 31.6 Å². The second-order valence-electron chi connectivity index (χ2n) is 4.59. The van der Waals surface area contributed by atoms with E-state index in [-0.39, 0.29) is 6.03 Å². The molecule has 0 fully saturated rings. The average molecular weight is 298 g/mol. The Morgan fingerprint density at radius 3 is 3.05 bits per heavy atom. The monoisotopic (exact) mass is 298 g/mol. The molecule has 0 aromatic carbocycles. The molecule has 0 aliphatic carbocycles. The number of nitriles is 1. The molecule has 0 radical (unpaired) electrons. The van der Waals surface area contributed by atoms with Gasteiger partial charge in [-0.1, -0.05) is 0 Å². The highest BCUT2D eigenvalue weighted by molar-refractivity contribution is 5.91. The number of nitrogens with one attached hydrogen (secondary N) is 1. The van der Waals surface area contributed by atoms with Gasteiger partial charge in [0.05, 0.1) is 36.0 Å². The molecule has 0 saturated carbocycles. The van der Waals surface area contributed by atoms with Crippen LogP contribution in [0, 0.1) is 11.3 Å². The number of hydrogen-bond donors (Lipinski definition) is 1. The lowest BCUT2D eigenvalue weighted by Crippen LogP contribution is -2.40. The second kappa shape index (κ2) is 7.78. The lowest BCUT2D eigenvalue weighted by atomic mass is 10.3. The van der Waals surface area contributed by atoms with E-state index < -0.39 is 0 Å². The van der Waals surface area contributed by atoms with Gasteiger partial charge in [-0.15, -0.1) is 0 Å². The molecule has 0 bridgehead atoms. The average Bonchev–Trinajstić information content (AvgIpc) is 3.03. The molecule has 0 spiro atoms. The third kappa shape index (κ3) is 3.82. The number of pyridine rings is 1. The van der Waals surface area contributed by atoms with Crippen LogP contribution in [0.2, 0.25) is 0 Å². The summed E-state index contributed by atoms with van der Waals surface area (Å²) >= 11 is 0. The van der Waals surface area contributed by atoms with Crippen molar-refractivity contribution in [2.45, 2.75) is 19.8 Å². The SMILES string of the molecule is CCN(C(=O)NCCCC#N)c1cnn(-c2cccnc2)c1. The topological polar surface area (TPSA) is 86.8 Å². The quantitative estimate of drug-likeness (QED) is 0.827. The van der Waals surface area contributed by atoms with Gasteiger partial charge < -0.3 is 5.32 Å². The molecule has 2 heterocycles. The molecule has 1 N–H and O–H groups in total. The van der Waals surface area contributed by atoms with E-state index in [1.807, 2.05) is 19.1 Å². The molecule has 2 amide bonds. The van der Waals surface area contributed by atoms with Crippen molar-refractivity contribution in [3.05, 3.63) is 36.9 Å². The van der Waals surface area contributed by atoms with E-state index in [4.69, 9.17) is 5.26 Å². The van der Waals surface area contributed by atoms with Crippen LogP contribution in [-0.2, 0) is 0 Å². The summed E-state index contributed by atoms with van der Waals surface area (Å²) in [5.74, 6) is 0. The van der Waals surface area contributed by atoms with E-state index >= 15 is 0 Å². The van der Waals surface area contributed by atoms with E-state index in [1.54, 1.807) is 34.4 Å². The highest BCUT2D eigenvalue weighted by Gasteiger charge is 2.15. The van der Waals surface area contributed by atoms with Crippen LogP contribution >= 0.6 is 0 Å². The smallest absolute Gasteiger partial charge is 0.321 e. The minimum Gasteiger partial charge on any atom is -0.338 e. The Labute approximate surface area is 129 Å². The summed E-state index contributed by atoms with van der Waals surface area (Å²) in [7, 11) is 0. The van der Waals surface area contributed by atoms with E-state index in [0.717, 1.165) is 5.69 Å². The number of anilines is 1. The summed E-state index contributed by atoms with van der Waals surface area (Å²) in [6.07, 6.45) is 7.91. The van der Waals surface area contributed by atoms with Crippen LogP contribution in [0.4, 0.5) is 10.5 Å². The van der Waals surface area contributed by atoms with Gasteiger partial charge in [-0.3, -0.25) is 9.88 Å². The van der Waals surface area contributed by atoms with Crippen LogP contribution in [0.5, 0.6) is 0 Å². The van der Waals surface area contributed by atoms with Gasteiger partial charge in [0, 0.05) is 25.7 Å². The number of carbonyl (C=O) groups excluding carboxylic acids is 1. The fourth-order valence-corrected chi connectivity index (χ4v) is 1.98. The van der Waals surface area contributed by atoms with Crippen LogP contribution in [-0.4, -0.2) is 33.9 Å². The van der Waals surface area contributed by atoms with Gasteiger partial charge in [-0.25, -0.2) is 9.48 Å². The van der Waals surface area contributed by atoms with Crippen molar-refractivity contribution in [2.24, 2.45) is 0 Å². The Morgan fingerprint density at radius 1 is 1.50 bits per heavy atom. The highest BCUT2D eigenvalue weighted by Crippen LogP contribution is 2.15. The fraction of sp³-hybridized carbons (Fsp3) is 0.333. The third-order valence-electron chi connectivity index (χ3n) is 3.09. The molecule has 114 valence electrons. The molecule has 22 heavy (non-hydrogen) atoms. The molecule has 2 rings (SSSR count). The van der Waals surface area contributed by atoms with Crippen molar-refractivity contribution >= 4 is 11.7 Å². The first-order valence-corrected chi connectivity index (χ1v) is 7.13. The first-order valence-electron chi connectivity index (χ1n) is 7.13. The Kier molecular flexibility index (Phi) is 5.49. The number of carbonyl (C=O) groups is 1.